The lowest BCUT2D eigenvalue weighted by atomic mass is 9.96. The topological polar surface area (TPSA) is 93.5 Å². The van der Waals surface area contributed by atoms with Crippen LogP contribution in [0.15, 0.2) is 4.79 Å². The van der Waals surface area contributed by atoms with E-state index in [0.29, 0.717) is 6.42 Å². The first-order valence-electron chi connectivity index (χ1n) is 4.86. The van der Waals surface area contributed by atoms with Crippen LogP contribution in [0.25, 0.3) is 0 Å². The maximum atomic E-state index is 11.1. The lowest BCUT2D eigenvalue weighted by molar-refractivity contribution is 0.365. The van der Waals surface area contributed by atoms with E-state index in [9.17, 15) is 20.1 Å². The molecule has 1 rings (SSSR count). The van der Waals surface area contributed by atoms with Crippen LogP contribution in [0.5, 0.6) is 17.4 Å². The first kappa shape index (κ1) is 11.4. The minimum atomic E-state index is -0.789. The highest BCUT2D eigenvalue weighted by atomic mass is 16.3. The van der Waals surface area contributed by atoms with E-state index >= 15 is 0 Å². The SMILES string of the molecule is CCCC(C)c1c(O)c(O)[nH]c(=O)c1O. The van der Waals surface area contributed by atoms with E-state index in [1.165, 1.54) is 0 Å². The summed E-state index contributed by atoms with van der Waals surface area (Å²) >= 11 is 0. The summed E-state index contributed by atoms with van der Waals surface area (Å²) in [7, 11) is 0. The van der Waals surface area contributed by atoms with Gasteiger partial charge in [0.2, 0.25) is 5.88 Å². The Morgan fingerprint density at radius 1 is 1.27 bits per heavy atom. The Morgan fingerprint density at radius 2 is 1.87 bits per heavy atom. The molecule has 0 fully saturated rings. The Labute approximate surface area is 87.0 Å². The number of hydrogen-bond donors (Lipinski definition) is 4. The van der Waals surface area contributed by atoms with Gasteiger partial charge in [-0.3, -0.25) is 9.78 Å². The van der Waals surface area contributed by atoms with Crippen molar-refractivity contribution in [1.82, 2.24) is 4.98 Å². The summed E-state index contributed by atoms with van der Waals surface area (Å²) in [6, 6.07) is 0. The Hall–Kier alpha value is -1.65. The number of rotatable bonds is 3. The molecule has 84 valence electrons. The molecule has 1 unspecified atom stereocenters. The molecule has 1 aromatic heterocycles. The fraction of sp³-hybridized carbons (Fsp3) is 0.500. The molecule has 0 aliphatic rings. The normalized spacial score (nSPS) is 12.7. The van der Waals surface area contributed by atoms with Gasteiger partial charge in [-0.2, -0.15) is 0 Å². The van der Waals surface area contributed by atoms with Gasteiger partial charge in [0.05, 0.1) is 0 Å². The predicted octanol–water partition coefficient (Wildman–Crippen LogP) is 1.40. The van der Waals surface area contributed by atoms with Crippen molar-refractivity contribution in [3.05, 3.63) is 15.9 Å². The van der Waals surface area contributed by atoms with Gasteiger partial charge in [-0.1, -0.05) is 20.3 Å². The standard InChI is InChI=1S/C10H15NO4/c1-3-4-5(2)6-7(12)9(14)11-10(15)8(6)13/h5,12-13H,3-4H2,1-2H3,(H2,11,14,15). The number of aromatic nitrogens is 1. The van der Waals surface area contributed by atoms with Crippen molar-refractivity contribution < 1.29 is 15.3 Å². The van der Waals surface area contributed by atoms with Crippen molar-refractivity contribution in [1.29, 1.82) is 0 Å². The first-order valence-corrected chi connectivity index (χ1v) is 4.86. The van der Waals surface area contributed by atoms with Gasteiger partial charge >= 0.3 is 0 Å². The molecular weight excluding hydrogens is 198 g/mol. The Bertz CT molecular complexity index is 411. The van der Waals surface area contributed by atoms with E-state index in [1.54, 1.807) is 6.92 Å². The molecule has 1 aromatic rings. The first-order chi connectivity index (χ1) is 6.99. The summed E-state index contributed by atoms with van der Waals surface area (Å²) in [6.45, 7) is 3.73. The number of aromatic amines is 1. The quantitative estimate of drug-likeness (QED) is 0.610. The van der Waals surface area contributed by atoms with Crippen LogP contribution in [0.2, 0.25) is 0 Å². The molecular formula is C10H15NO4. The third kappa shape index (κ3) is 2.06. The molecule has 0 aliphatic carbocycles. The van der Waals surface area contributed by atoms with Crippen molar-refractivity contribution in [2.45, 2.75) is 32.6 Å². The average Bonchev–Trinajstić information content (AvgIpc) is 2.16. The number of nitrogens with one attached hydrogen (secondary N) is 1. The van der Waals surface area contributed by atoms with Gasteiger partial charge in [0.1, 0.15) is 0 Å². The third-order valence-electron chi connectivity index (χ3n) is 2.40. The Morgan fingerprint density at radius 3 is 2.40 bits per heavy atom. The summed E-state index contributed by atoms with van der Waals surface area (Å²) in [5.74, 6) is -1.75. The molecule has 0 amide bonds. The van der Waals surface area contributed by atoms with E-state index in [-0.39, 0.29) is 11.5 Å². The molecule has 1 heterocycles. The van der Waals surface area contributed by atoms with Crippen molar-refractivity contribution in [2.75, 3.05) is 0 Å². The largest absolute Gasteiger partial charge is 0.503 e. The predicted molar refractivity (Wildman–Crippen MR) is 55.4 cm³/mol. The summed E-state index contributed by atoms with van der Waals surface area (Å²) in [5, 5.41) is 28.2. The summed E-state index contributed by atoms with van der Waals surface area (Å²) in [4.78, 5) is 13.1. The van der Waals surface area contributed by atoms with Gasteiger partial charge in [0.25, 0.3) is 5.56 Å². The maximum Gasteiger partial charge on any atom is 0.293 e. The highest BCUT2D eigenvalue weighted by molar-refractivity contribution is 5.48. The lowest BCUT2D eigenvalue weighted by Gasteiger charge is -2.14. The number of aromatic hydroxyl groups is 3. The van der Waals surface area contributed by atoms with Crippen molar-refractivity contribution in [2.24, 2.45) is 0 Å². The van der Waals surface area contributed by atoms with Gasteiger partial charge < -0.3 is 15.3 Å². The monoisotopic (exact) mass is 213 g/mol. The van der Waals surface area contributed by atoms with Crippen LogP contribution >= 0.6 is 0 Å². The zero-order valence-corrected chi connectivity index (χ0v) is 8.74. The van der Waals surface area contributed by atoms with E-state index in [0.717, 1.165) is 6.42 Å². The van der Waals surface area contributed by atoms with Crippen LogP contribution in [0.4, 0.5) is 0 Å². The van der Waals surface area contributed by atoms with E-state index in [4.69, 9.17) is 0 Å². The van der Waals surface area contributed by atoms with Crippen molar-refractivity contribution >= 4 is 0 Å². The van der Waals surface area contributed by atoms with Crippen LogP contribution in [0.3, 0.4) is 0 Å². The molecule has 15 heavy (non-hydrogen) atoms. The zero-order chi connectivity index (χ0) is 11.6. The molecule has 5 nitrogen and oxygen atoms in total. The Balaban J connectivity index is 3.32. The maximum absolute atomic E-state index is 11.1. The smallest absolute Gasteiger partial charge is 0.293 e. The van der Waals surface area contributed by atoms with Crippen molar-refractivity contribution in [3.63, 3.8) is 0 Å². The molecule has 1 atom stereocenters. The second-order valence-electron chi connectivity index (χ2n) is 3.60. The van der Waals surface area contributed by atoms with E-state index < -0.39 is 22.9 Å². The molecule has 0 aromatic carbocycles. The van der Waals surface area contributed by atoms with Gasteiger partial charge in [0.15, 0.2) is 11.5 Å². The molecule has 0 radical (unpaired) electrons. The molecule has 0 spiro atoms. The Kier molecular flexibility index (Phi) is 3.24. The fourth-order valence-corrected chi connectivity index (χ4v) is 1.63. The van der Waals surface area contributed by atoms with E-state index in [1.807, 2.05) is 11.9 Å². The molecule has 0 bridgehead atoms. The zero-order valence-electron chi connectivity index (χ0n) is 8.74. The minimum Gasteiger partial charge on any atom is -0.503 e. The van der Waals surface area contributed by atoms with E-state index in [2.05, 4.69) is 0 Å². The molecule has 5 heteroatoms. The van der Waals surface area contributed by atoms with Crippen LogP contribution in [-0.2, 0) is 0 Å². The summed E-state index contributed by atoms with van der Waals surface area (Å²) in [5.41, 5.74) is -0.679. The fourth-order valence-electron chi connectivity index (χ4n) is 1.63. The summed E-state index contributed by atoms with van der Waals surface area (Å²) in [6.07, 6.45) is 1.57. The molecule has 4 N–H and O–H groups in total. The van der Waals surface area contributed by atoms with Gasteiger partial charge in [-0.25, -0.2) is 0 Å². The number of hydrogen-bond acceptors (Lipinski definition) is 4. The van der Waals surface area contributed by atoms with Crippen molar-refractivity contribution in [3.8, 4) is 17.4 Å². The van der Waals surface area contributed by atoms with Crippen LogP contribution in [0, 0.1) is 0 Å². The third-order valence-corrected chi connectivity index (χ3v) is 2.40. The van der Waals surface area contributed by atoms with Crippen LogP contribution in [-0.4, -0.2) is 20.3 Å². The van der Waals surface area contributed by atoms with Gasteiger partial charge in [-0.05, 0) is 12.3 Å². The van der Waals surface area contributed by atoms with Crippen LogP contribution < -0.4 is 5.56 Å². The molecule has 0 aliphatic heterocycles. The van der Waals surface area contributed by atoms with Gasteiger partial charge in [0, 0.05) is 5.56 Å². The van der Waals surface area contributed by atoms with Gasteiger partial charge in [-0.15, -0.1) is 0 Å². The van der Waals surface area contributed by atoms with Crippen LogP contribution in [0.1, 0.15) is 38.2 Å². The second kappa shape index (κ2) is 4.25. The highest BCUT2D eigenvalue weighted by Crippen LogP contribution is 2.37. The molecule has 0 saturated heterocycles. The highest BCUT2D eigenvalue weighted by Gasteiger charge is 2.20. The molecule has 0 saturated carbocycles. The number of pyridine rings is 1. The minimum absolute atomic E-state index is 0.109. The lowest BCUT2D eigenvalue weighted by Crippen LogP contribution is -2.09. The average molecular weight is 213 g/mol. The second-order valence-corrected chi connectivity index (χ2v) is 3.60. The number of H-pyrrole nitrogens is 1. The summed E-state index contributed by atoms with van der Waals surface area (Å²) < 4.78 is 0.